The average Bonchev–Trinajstić information content (AvgIpc) is 2.84. The van der Waals surface area contributed by atoms with E-state index >= 15 is 0 Å². The van der Waals surface area contributed by atoms with Crippen LogP contribution in [0, 0.1) is 0 Å². The second-order valence-electron chi connectivity index (χ2n) is 4.25. The van der Waals surface area contributed by atoms with Crippen LogP contribution in [0.25, 0.3) is 0 Å². The van der Waals surface area contributed by atoms with Gasteiger partial charge in [0.2, 0.25) is 0 Å². The zero-order valence-corrected chi connectivity index (χ0v) is 9.93. The summed E-state index contributed by atoms with van der Waals surface area (Å²) in [5.74, 6) is 0.433. The summed E-state index contributed by atoms with van der Waals surface area (Å²) in [4.78, 5) is 14.9. The Kier molecular flexibility index (Phi) is 3.54. The zero-order chi connectivity index (χ0) is 10.7. The van der Waals surface area contributed by atoms with Gasteiger partial charge in [-0.2, -0.15) is 0 Å². The molecule has 1 aliphatic carbocycles. The molecule has 0 bridgehead atoms. The molecule has 15 heavy (non-hydrogen) atoms. The van der Waals surface area contributed by atoms with Crippen LogP contribution in [-0.4, -0.2) is 30.3 Å². The molecule has 2 rings (SSSR count). The van der Waals surface area contributed by atoms with Crippen LogP contribution in [0.2, 0.25) is 0 Å². The predicted octanol–water partition coefficient (Wildman–Crippen LogP) is 2.34. The third kappa shape index (κ3) is 2.89. The summed E-state index contributed by atoms with van der Waals surface area (Å²) in [5.41, 5.74) is 0. The molecule has 0 radical (unpaired) electrons. The summed E-state index contributed by atoms with van der Waals surface area (Å²) in [6.45, 7) is 1.07. The molecule has 0 saturated heterocycles. The van der Waals surface area contributed by atoms with E-state index in [0.29, 0.717) is 11.8 Å². The summed E-state index contributed by atoms with van der Waals surface area (Å²) < 4.78 is 0. The Morgan fingerprint density at radius 3 is 3.07 bits per heavy atom. The van der Waals surface area contributed by atoms with Gasteiger partial charge in [-0.05, 0) is 31.3 Å². The number of ketones is 1. The fraction of sp³-hybridized carbons (Fsp3) is 0.583. The predicted molar refractivity (Wildman–Crippen MR) is 63.3 cm³/mol. The highest BCUT2D eigenvalue weighted by Gasteiger charge is 2.24. The van der Waals surface area contributed by atoms with E-state index in [1.165, 1.54) is 4.88 Å². The molecule has 1 fully saturated rings. The quantitative estimate of drug-likeness (QED) is 0.781. The van der Waals surface area contributed by atoms with Crippen molar-refractivity contribution >= 4 is 17.1 Å². The minimum absolute atomic E-state index is 0.433. The Hall–Kier alpha value is -0.670. The topological polar surface area (TPSA) is 20.3 Å². The normalized spacial score (nSPS) is 21.5. The van der Waals surface area contributed by atoms with Crippen molar-refractivity contribution in [2.75, 3.05) is 13.6 Å². The van der Waals surface area contributed by atoms with Crippen LogP contribution in [0.3, 0.4) is 0 Å². The van der Waals surface area contributed by atoms with Crippen molar-refractivity contribution in [1.82, 2.24) is 4.90 Å². The van der Waals surface area contributed by atoms with Crippen molar-refractivity contribution in [3.63, 3.8) is 0 Å². The molecule has 0 spiro atoms. The molecule has 0 amide bonds. The van der Waals surface area contributed by atoms with Gasteiger partial charge in [-0.3, -0.25) is 4.79 Å². The minimum Gasteiger partial charge on any atom is -0.303 e. The van der Waals surface area contributed by atoms with Gasteiger partial charge in [0.1, 0.15) is 5.78 Å². The van der Waals surface area contributed by atoms with Crippen molar-refractivity contribution < 1.29 is 4.79 Å². The lowest BCUT2D eigenvalue weighted by Gasteiger charge is -2.22. The van der Waals surface area contributed by atoms with E-state index < -0.39 is 0 Å². The first-order chi connectivity index (χ1) is 7.25. The second kappa shape index (κ2) is 4.90. The highest BCUT2D eigenvalue weighted by Crippen LogP contribution is 2.20. The molecular formula is C12H17NOS. The van der Waals surface area contributed by atoms with Crippen LogP contribution in [0.4, 0.5) is 0 Å². The van der Waals surface area contributed by atoms with E-state index in [-0.39, 0.29) is 0 Å². The second-order valence-corrected chi connectivity index (χ2v) is 5.28. The Morgan fingerprint density at radius 1 is 1.60 bits per heavy atom. The lowest BCUT2D eigenvalue weighted by Crippen LogP contribution is -2.31. The highest BCUT2D eigenvalue weighted by atomic mass is 32.1. The van der Waals surface area contributed by atoms with Gasteiger partial charge in [0.25, 0.3) is 0 Å². The number of hydrogen-bond donors (Lipinski definition) is 0. The van der Waals surface area contributed by atoms with E-state index in [2.05, 4.69) is 29.5 Å². The smallest absolute Gasteiger partial charge is 0.134 e. The van der Waals surface area contributed by atoms with Crippen molar-refractivity contribution in [3.05, 3.63) is 22.4 Å². The van der Waals surface area contributed by atoms with Gasteiger partial charge in [-0.25, -0.2) is 0 Å². The fourth-order valence-electron chi connectivity index (χ4n) is 2.09. The first-order valence-corrected chi connectivity index (χ1v) is 6.38. The van der Waals surface area contributed by atoms with E-state index in [4.69, 9.17) is 0 Å². The maximum Gasteiger partial charge on any atom is 0.134 e. The lowest BCUT2D eigenvalue weighted by atomic mass is 10.2. The number of carbonyl (C=O) groups excluding carboxylic acids is 1. The summed E-state index contributed by atoms with van der Waals surface area (Å²) in [6, 6.07) is 4.77. The van der Waals surface area contributed by atoms with Crippen molar-refractivity contribution in [2.45, 2.75) is 31.7 Å². The van der Waals surface area contributed by atoms with Crippen LogP contribution in [0.5, 0.6) is 0 Å². The molecule has 1 atom stereocenters. The zero-order valence-electron chi connectivity index (χ0n) is 9.11. The summed E-state index contributed by atoms with van der Waals surface area (Å²) in [6.07, 6.45) is 3.72. The monoisotopic (exact) mass is 223 g/mol. The van der Waals surface area contributed by atoms with Crippen molar-refractivity contribution in [2.24, 2.45) is 0 Å². The van der Waals surface area contributed by atoms with Crippen LogP contribution in [-0.2, 0) is 11.2 Å². The first kappa shape index (κ1) is 10.8. The largest absolute Gasteiger partial charge is 0.303 e. The SMILES string of the molecule is CN(CCc1cccs1)C1CCC(=O)C1. The van der Waals surface area contributed by atoms with E-state index in [9.17, 15) is 4.79 Å². The van der Waals surface area contributed by atoms with Gasteiger partial charge in [-0.15, -0.1) is 11.3 Å². The third-order valence-electron chi connectivity index (χ3n) is 3.13. The van der Waals surface area contributed by atoms with Gasteiger partial charge < -0.3 is 4.90 Å². The number of Topliss-reactive ketones (excluding diaryl/α,β-unsaturated/α-hetero) is 1. The molecule has 1 saturated carbocycles. The van der Waals surface area contributed by atoms with Gasteiger partial charge in [0, 0.05) is 30.3 Å². The van der Waals surface area contributed by atoms with Crippen LogP contribution < -0.4 is 0 Å². The molecule has 82 valence electrons. The molecule has 1 heterocycles. The maximum atomic E-state index is 11.2. The van der Waals surface area contributed by atoms with Crippen LogP contribution in [0.1, 0.15) is 24.1 Å². The lowest BCUT2D eigenvalue weighted by molar-refractivity contribution is -0.117. The van der Waals surface area contributed by atoms with Crippen LogP contribution >= 0.6 is 11.3 Å². The summed E-state index contributed by atoms with van der Waals surface area (Å²) in [7, 11) is 2.14. The van der Waals surface area contributed by atoms with Crippen molar-refractivity contribution in [3.8, 4) is 0 Å². The number of hydrogen-bond acceptors (Lipinski definition) is 3. The van der Waals surface area contributed by atoms with Gasteiger partial charge in [-0.1, -0.05) is 6.07 Å². The fourth-order valence-corrected chi connectivity index (χ4v) is 2.79. The number of nitrogens with zero attached hydrogens (tertiary/aromatic N) is 1. The van der Waals surface area contributed by atoms with Crippen LogP contribution in [0.15, 0.2) is 17.5 Å². The molecule has 3 heteroatoms. The third-order valence-corrected chi connectivity index (χ3v) is 4.07. The van der Waals surface area contributed by atoms with Crippen molar-refractivity contribution in [1.29, 1.82) is 0 Å². The molecular weight excluding hydrogens is 206 g/mol. The Balaban J connectivity index is 1.77. The Morgan fingerprint density at radius 2 is 2.47 bits per heavy atom. The number of carbonyl (C=O) groups is 1. The number of thiophene rings is 1. The average molecular weight is 223 g/mol. The van der Waals surface area contributed by atoms with Gasteiger partial charge in [0.05, 0.1) is 0 Å². The van der Waals surface area contributed by atoms with E-state index in [1.807, 2.05) is 11.3 Å². The molecule has 1 aromatic rings. The standard InChI is InChI=1S/C12H17NOS/c1-13(10-4-5-11(14)9-10)7-6-12-3-2-8-15-12/h2-3,8,10H,4-7,9H2,1H3. The minimum atomic E-state index is 0.433. The Bertz CT molecular complexity index is 320. The van der Waals surface area contributed by atoms with E-state index in [1.54, 1.807) is 0 Å². The van der Waals surface area contributed by atoms with E-state index in [0.717, 1.165) is 32.2 Å². The number of rotatable bonds is 4. The summed E-state index contributed by atoms with van der Waals surface area (Å²) >= 11 is 1.81. The van der Waals surface area contributed by atoms with Gasteiger partial charge in [0.15, 0.2) is 0 Å². The highest BCUT2D eigenvalue weighted by molar-refractivity contribution is 7.09. The molecule has 0 aromatic carbocycles. The Labute approximate surface area is 94.9 Å². The summed E-state index contributed by atoms with van der Waals surface area (Å²) in [5, 5.41) is 2.12. The molecule has 2 nitrogen and oxygen atoms in total. The molecule has 1 unspecified atom stereocenters. The number of likely N-dealkylation sites (N-methyl/N-ethyl adjacent to an activating group) is 1. The molecule has 1 aliphatic rings. The van der Waals surface area contributed by atoms with Gasteiger partial charge >= 0.3 is 0 Å². The molecule has 0 aliphatic heterocycles. The molecule has 1 aromatic heterocycles. The molecule has 0 N–H and O–H groups in total. The first-order valence-electron chi connectivity index (χ1n) is 5.50. The maximum absolute atomic E-state index is 11.2.